The van der Waals surface area contributed by atoms with Gasteiger partial charge in [0.1, 0.15) is 0 Å². The Hall–Kier alpha value is -1.06. The Balaban J connectivity index is 2.26. The second kappa shape index (κ2) is 4.64. The molecule has 78 valence electrons. The summed E-state index contributed by atoms with van der Waals surface area (Å²) in [4.78, 5) is 0. The van der Waals surface area contributed by atoms with Gasteiger partial charge < -0.3 is 10.3 Å². The number of nitrogens with two attached hydrogens (primary N) is 1. The summed E-state index contributed by atoms with van der Waals surface area (Å²) < 4.78 is 3.31. The molecule has 15 heavy (non-hydrogen) atoms. The molecule has 0 atom stereocenters. The van der Waals surface area contributed by atoms with Crippen LogP contribution < -0.4 is 5.73 Å². The van der Waals surface area contributed by atoms with Crippen LogP contribution in [0.4, 0.5) is 0 Å². The summed E-state index contributed by atoms with van der Waals surface area (Å²) in [5.41, 5.74) is 8.08. The molecule has 0 saturated carbocycles. The van der Waals surface area contributed by atoms with Gasteiger partial charge in [0.15, 0.2) is 0 Å². The number of halogens is 1. The van der Waals surface area contributed by atoms with Crippen molar-refractivity contribution in [1.29, 1.82) is 0 Å². The molecule has 2 rings (SSSR count). The van der Waals surface area contributed by atoms with Gasteiger partial charge in [-0.05, 0) is 23.8 Å². The lowest BCUT2D eigenvalue weighted by Crippen LogP contribution is -2.07. The predicted octanol–water partition coefficient (Wildman–Crippen LogP) is 2.76. The van der Waals surface area contributed by atoms with Crippen molar-refractivity contribution in [3.63, 3.8) is 0 Å². The lowest BCUT2D eigenvalue weighted by Gasteiger charge is -2.09. The van der Waals surface area contributed by atoms with Crippen LogP contribution in [0.3, 0.4) is 0 Å². The molecule has 0 bridgehead atoms. The fourth-order valence-corrected chi connectivity index (χ4v) is 2.01. The molecular weight excluding hydrogens is 252 g/mol. The normalized spacial score (nSPS) is 10.5. The minimum atomic E-state index is 0.581. The highest BCUT2D eigenvalue weighted by Crippen LogP contribution is 2.17. The Morgan fingerprint density at radius 2 is 1.93 bits per heavy atom. The van der Waals surface area contributed by atoms with E-state index < -0.39 is 0 Å². The zero-order chi connectivity index (χ0) is 10.7. The SMILES string of the molecule is NCc1cccn1Cc1ccccc1Br. The highest BCUT2D eigenvalue weighted by molar-refractivity contribution is 9.10. The van der Waals surface area contributed by atoms with Crippen molar-refractivity contribution in [2.24, 2.45) is 5.73 Å². The van der Waals surface area contributed by atoms with Crippen molar-refractivity contribution in [3.8, 4) is 0 Å². The topological polar surface area (TPSA) is 30.9 Å². The van der Waals surface area contributed by atoms with Crippen LogP contribution in [0.15, 0.2) is 47.1 Å². The number of aromatic nitrogens is 1. The standard InChI is InChI=1S/C12H13BrN2/c13-12-6-2-1-4-10(12)9-15-7-3-5-11(15)8-14/h1-7H,8-9,14H2. The van der Waals surface area contributed by atoms with Crippen LogP contribution in [0.25, 0.3) is 0 Å². The molecule has 0 spiro atoms. The number of nitrogens with zero attached hydrogens (tertiary/aromatic N) is 1. The smallest absolute Gasteiger partial charge is 0.0484 e. The van der Waals surface area contributed by atoms with Gasteiger partial charge in [0.25, 0.3) is 0 Å². The van der Waals surface area contributed by atoms with E-state index in [0.717, 1.165) is 16.7 Å². The summed E-state index contributed by atoms with van der Waals surface area (Å²) in [5, 5.41) is 0. The lowest BCUT2D eigenvalue weighted by atomic mass is 10.2. The predicted molar refractivity (Wildman–Crippen MR) is 65.6 cm³/mol. The van der Waals surface area contributed by atoms with Gasteiger partial charge in [-0.1, -0.05) is 34.1 Å². The highest BCUT2D eigenvalue weighted by Gasteiger charge is 2.02. The molecule has 2 aromatic rings. The first kappa shape index (κ1) is 10.5. The van der Waals surface area contributed by atoms with E-state index in [1.54, 1.807) is 0 Å². The molecule has 0 radical (unpaired) electrons. The van der Waals surface area contributed by atoms with Crippen molar-refractivity contribution in [1.82, 2.24) is 4.57 Å². The average Bonchev–Trinajstić information content (AvgIpc) is 2.69. The van der Waals surface area contributed by atoms with Crippen LogP contribution in [0, 0.1) is 0 Å². The van der Waals surface area contributed by atoms with Gasteiger partial charge in [0.05, 0.1) is 0 Å². The van der Waals surface area contributed by atoms with Crippen LogP contribution in [0.5, 0.6) is 0 Å². The summed E-state index contributed by atoms with van der Waals surface area (Å²) in [6, 6.07) is 12.3. The number of benzene rings is 1. The van der Waals surface area contributed by atoms with Crippen molar-refractivity contribution >= 4 is 15.9 Å². The minimum absolute atomic E-state index is 0.581. The molecular formula is C12H13BrN2. The van der Waals surface area contributed by atoms with Gasteiger partial charge in [0.2, 0.25) is 0 Å². The first-order valence-corrected chi connectivity index (χ1v) is 5.68. The molecule has 1 heterocycles. The molecule has 0 fully saturated rings. The van der Waals surface area contributed by atoms with Crippen LogP contribution in [0.2, 0.25) is 0 Å². The van der Waals surface area contributed by atoms with E-state index in [-0.39, 0.29) is 0 Å². The van der Waals surface area contributed by atoms with Crippen LogP contribution in [-0.4, -0.2) is 4.57 Å². The Labute approximate surface area is 97.8 Å². The van der Waals surface area contributed by atoms with Gasteiger partial charge in [-0.2, -0.15) is 0 Å². The molecule has 1 aromatic heterocycles. The molecule has 0 saturated heterocycles. The van der Waals surface area contributed by atoms with Crippen molar-refractivity contribution in [2.75, 3.05) is 0 Å². The maximum Gasteiger partial charge on any atom is 0.0484 e. The molecule has 1 aromatic carbocycles. The first-order chi connectivity index (χ1) is 7.31. The molecule has 0 aliphatic heterocycles. The molecule has 0 aliphatic rings. The second-order valence-corrected chi connectivity index (χ2v) is 4.28. The fourth-order valence-electron chi connectivity index (χ4n) is 1.60. The van der Waals surface area contributed by atoms with E-state index >= 15 is 0 Å². The Morgan fingerprint density at radius 3 is 2.67 bits per heavy atom. The van der Waals surface area contributed by atoms with E-state index in [9.17, 15) is 0 Å². The van der Waals surface area contributed by atoms with E-state index in [2.05, 4.69) is 44.9 Å². The summed E-state index contributed by atoms with van der Waals surface area (Å²) >= 11 is 3.54. The quantitative estimate of drug-likeness (QED) is 0.908. The summed E-state index contributed by atoms with van der Waals surface area (Å²) in [7, 11) is 0. The molecule has 2 N–H and O–H groups in total. The third kappa shape index (κ3) is 2.30. The minimum Gasteiger partial charge on any atom is -0.346 e. The van der Waals surface area contributed by atoms with E-state index in [0.29, 0.717) is 6.54 Å². The van der Waals surface area contributed by atoms with Gasteiger partial charge in [0, 0.05) is 29.5 Å². The zero-order valence-electron chi connectivity index (χ0n) is 8.36. The van der Waals surface area contributed by atoms with E-state index in [1.807, 2.05) is 18.2 Å². The Bertz CT molecular complexity index is 448. The van der Waals surface area contributed by atoms with Crippen molar-refractivity contribution in [2.45, 2.75) is 13.1 Å². The number of rotatable bonds is 3. The average molecular weight is 265 g/mol. The van der Waals surface area contributed by atoms with Crippen LogP contribution >= 0.6 is 15.9 Å². The number of hydrogen-bond acceptors (Lipinski definition) is 1. The van der Waals surface area contributed by atoms with Gasteiger partial charge in [-0.15, -0.1) is 0 Å². The second-order valence-electron chi connectivity index (χ2n) is 3.42. The van der Waals surface area contributed by atoms with E-state index in [4.69, 9.17) is 5.73 Å². The molecule has 0 aliphatic carbocycles. The molecule has 0 unspecified atom stereocenters. The molecule has 3 heteroatoms. The number of hydrogen-bond donors (Lipinski definition) is 1. The molecule has 2 nitrogen and oxygen atoms in total. The van der Waals surface area contributed by atoms with Crippen molar-refractivity contribution < 1.29 is 0 Å². The van der Waals surface area contributed by atoms with Gasteiger partial charge >= 0.3 is 0 Å². The summed E-state index contributed by atoms with van der Waals surface area (Å²) in [6.07, 6.45) is 2.06. The summed E-state index contributed by atoms with van der Waals surface area (Å²) in [6.45, 7) is 1.44. The van der Waals surface area contributed by atoms with Gasteiger partial charge in [-0.3, -0.25) is 0 Å². The Morgan fingerprint density at radius 1 is 1.13 bits per heavy atom. The van der Waals surface area contributed by atoms with Gasteiger partial charge in [-0.25, -0.2) is 0 Å². The van der Waals surface area contributed by atoms with Crippen molar-refractivity contribution in [3.05, 3.63) is 58.3 Å². The van der Waals surface area contributed by atoms with Crippen LogP contribution in [0.1, 0.15) is 11.3 Å². The molecule has 0 amide bonds. The summed E-state index contributed by atoms with van der Waals surface area (Å²) in [5.74, 6) is 0. The Kier molecular flexibility index (Phi) is 3.23. The maximum absolute atomic E-state index is 5.65. The third-order valence-corrected chi connectivity index (χ3v) is 3.20. The lowest BCUT2D eigenvalue weighted by molar-refractivity contribution is 0.742. The maximum atomic E-state index is 5.65. The highest BCUT2D eigenvalue weighted by atomic mass is 79.9. The van der Waals surface area contributed by atoms with Crippen LogP contribution in [-0.2, 0) is 13.1 Å². The van der Waals surface area contributed by atoms with E-state index in [1.165, 1.54) is 5.56 Å². The zero-order valence-corrected chi connectivity index (χ0v) is 9.94. The monoisotopic (exact) mass is 264 g/mol. The fraction of sp³-hybridized carbons (Fsp3) is 0.167. The first-order valence-electron chi connectivity index (χ1n) is 4.89. The third-order valence-electron chi connectivity index (χ3n) is 2.43. The largest absolute Gasteiger partial charge is 0.346 e.